The van der Waals surface area contributed by atoms with Crippen molar-refractivity contribution < 1.29 is 9.53 Å². The average Bonchev–Trinajstić information content (AvgIpc) is 2.34. The van der Waals surface area contributed by atoms with Crippen molar-refractivity contribution in [3.63, 3.8) is 0 Å². The van der Waals surface area contributed by atoms with Crippen LogP contribution in [0.1, 0.15) is 5.56 Å². The smallest absolute Gasteiger partial charge is 0.405 e. The Kier molecular flexibility index (Phi) is 3.27. The van der Waals surface area contributed by atoms with Gasteiger partial charge in [-0.2, -0.15) is 0 Å². The van der Waals surface area contributed by atoms with Gasteiger partial charge in [0, 0.05) is 5.56 Å². The monoisotopic (exact) mass is 225 g/mol. The topological polar surface area (TPSA) is 52.3 Å². The summed E-state index contributed by atoms with van der Waals surface area (Å²) in [5.41, 5.74) is 5.75. The summed E-state index contributed by atoms with van der Waals surface area (Å²) in [6.45, 7) is 0.0125. The van der Waals surface area contributed by atoms with Crippen molar-refractivity contribution in [3.8, 4) is 11.8 Å². The van der Waals surface area contributed by atoms with Crippen molar-refractivity contribution >= 4 is 16.9 Å². The fraction of sp³-hybridized carbons (Fsp3) is 0.0714. The highest BCUT2D eigenvalue weighted by molar-refractivity contribution is 5.88. The van der Waals surface area contributed by atoms with E-state index < -0.39 is 6.09 Å². The van der Waals surface area contributed by atoms with Crippen LogP contribution in [0.2, 0.25) is 0 Å². The van der Waals surface area contributed by atoms with Crippen LogP contribution >= 0.6 is 0 Å². The largest absolute Gasteiger partial charge is 0.437 e. The Morgan fingerprint density at radius 2 is 1.94 bits per heavy atom. The molecule has 0 saturated heterocycles. The lowest BCUT2D eigenvalue weighted by Gasteiger charge is -1.99. The Labute approximate surface area is 99.2 Å². The molecule has 0 radical (unpaired) electrons. The third kappa shape index (κ3) is 2.76. The van der Waals surface area contributed by atoms with Crippen LogP contribution in [0.15, 0.2) is 42.5 Å². The zero-order chi connectivity index (χ0) is 12.1. The van der Waals surface area contributed by atoms with Gasteiger partial charge >= 0.3 is 6.09 Å². The molecule has 1 amide bonds. The lowest BCUT2D eigenvalue weighted by atomic mass is 10.1. The van der Waals surface area contributed by atoms with Gasteiger partial charge < -0.3 is 10.5 Å². The summed E-state index contributed by atoms with van der Waals surface area (Å²) in [6.07, 6.45) is -0.808. The number of rotatable bonds is 1. The van der Waals surface area contributed by atoms with E-state index in [2.05, 4.69) is 16.6 Å². The molecule has 0 atom stereocenters. The fourth-order valence-electron chi connectivity index (χ4n) is 1.57. The van der Waals surface area contributed by atoms with E-state index in [9.17, 15) is 4.79 Å². The molecule has 2 aromatic rings. The number of primary amides is 1. The van der Waals surface area contributed by atoms with Gasteiger partial charge in [0.1, 0.15) is 0 Å². The Morgan fingerprint density at radius 3 is 2.76 bits per heavy atom. The summed E-state index contributed by atoms with van der Waals surface area (Å²) < 4.78 is 4.54. The van der Waals surface area contributed by atoms with E-state index in [1.54, 1.807) is 0 Å². The van der Waals surface area contributed by atoms with Crippen LogP contribution in [0.5, 0.6) is 0 Å². The van der Waals surface area contributed by atoms with Gasteiger partial charge in [0.25, 0.3) is 0 Å². The van der Waals surface area contributed by atoms with Gasteiger partial charge in [-0.15, -0.1) is 0 Å². The van der Waals surface area contributed by atoms with Crippen molar-refractivity contribution in [2.45, 2.75) is 0 Å². The van der Waals surface area contributed by atoms with Crippen LogP contribution in [0, 0.1) is 11.8 Å². The highest BCUT2D eigenvalue weighted by Gasteiger charge is 1.96. The maximum absolute atomic E-state index is 10.4. The number of carbonyl (C=O) groups excluding carboxylic acids is 1. The van der Waals surface area contributed by atoms with E-state index in [0.29, 0.717) is 0 Å². The van der Waals surface area contributed by atoms with Crippen LogP contribution in [0.25, 0.3) is 10.8 Å². The molecule has 0 saturated carbocycles. The van der Waals surface area contributed by atoms with Gasteiger partial charge in [-0.25, -0.2) is 4.79 Å². The zero-order valence-corrected chi connectivity index (χ0v) is 9.14. The number of hydrogen-bond donors (Lipinski definition) is 1. The van der Waals surface area contributed by atoms with Gasteiger partial charge in [-0.1, -0.05) is 48.2 Å². The van der Waals surface area contributed by atoms with E-state index in [1.165, 1.54) is 0 Å². The van der Waals surface area contributed by atoms with Crippen LogP contribution in [0.3, 0.4) is 0 Å². The average molecular weight is 225 g/mol. The Hall–Kier alpha value is -2.47. The van der Waals surface area contributed by atoms with Gasteiger partial charge in [-0.05, 0) is 16.8 Å². The number of nitrogens with two attached hydrogens (primary N) is 1. The molecule has 0 bridgehead atoms. The number of ether oxygens (including phenoxy) is 1. The third-order valence-corrected chi connectivity index (χ3v) is 2.30. The summed E-state index contributed by atoms with van der Waals surface area (Å²) in [5.74, 6) is 5.71. The lowest BCUT2D eigenvalue weighted by molar-refractivity contribution is 0.171. The van der Waals surface area contributed by atoms with E-state index in [-0.39, 0.29) is 6.61 Å². The van der Waals surface area contributed by atoms with E-state index in [0.717, 1.165) is 16.3 Å². The first-order valence-corrected chi connectivity index (χ1v) is 5.16. The van der Waals surface area contributed by atoms with E-state index in [4.69, 9.17) is 5.73 Å². The van der Waals surface area contributed by atoms with E-state index >= 15 is 0 Å². The van der Waals surface area contributed by atoms with Gasteiger partial charge in [0.2, 0.25) is 0 Å². The van der Waals surface area contributed by atoms with Crippen LogP contribution in [-0.2, 0) is 4.74 Å². The molecule has 0 unspecified atom stereocenters. The van der Waals surface area contributed by atoms with Crippen LogP contribution in [-0.4, -0.2) is 12.7 Å². The molecule has 0 aliphatic rings. The standard InChI is InChI=1S/C14H11NO2/c15-14(16)17-10-4-8-12-7-3-6-11-5-1-2-9-13(11)12/h1-3,5-7,9H,10H2,(H2,15,16). The number of hydrogen-bond acceptors (Lipinski definition) is 2. The second kappa shape index (κ2) is 5.04. The minimum Gasteiger partial charge on any atom is -0.437 e. The predicted molar refractivity (Wildman–Crippen MR) is 66.4 cm³/mol. The molecule has 3 nitrogen and oxygen atoms in total. The first-order chi connectivity index (χ1) is 8.27. The van der Waals surface area contributed by atoms with Crippen LogP contribution in [0.4, 0.5) is 4.79 Å². The maximum atomic E-state index is 10.4. The minimum absolute atomic E-state index is 0.0125. The highest BCUT2D eigenvalue weighted by atomic mass is 16.5. The Balaban J connectivity index is 2.26. The molecule has 0 fully saturated rings. The zero-order valence-electron chi connectivity index (χ0n) is 9.14. The van der Waals surface area contributed by atoms with Crippen molar-refractivity contribution in [1.82, 2.24) is 0 Å². The van der Waals surface area contributed by atoms with Gasteiger partial charge in [0.15, 0.2) is 6.61 Å². The number of fused-ring (bicyclic) bond motifs is 1. The van der Waals surface area contributed by atoms with Crippen LogP contribution < -0.4 is 5.73 Å². The normalized spacial score (nSPS) is 9.41. The first-order valence-electron chi connectivity index (χ1n) is 5.16. The van der Waals surface area contributed by atoms with Gasteiger partial charge in [-0.3, -0.25) is 0 Å². The fourth-order valence-corrected chi connectivity index (χ4v) is 1.57. The lowest BCUT2D eigenvalue weighted by Crippen LogP contribution is -2.12. The molecule has 0 aliphatic carbocycles. The molecule has 0 aliphatic heterocycles. The van der Waals surface area contributed by atoms with Crippen molar-refractivity contribution in [3.05, 3.63) is 48.0 Å². The SMILES string of the molecule is NC(=O)OCC#Cc1cccc2ccccc12. The van der Waals surface area contributed by atoms with Crippen molar-refractivity contribution in [2.75, 3.05) is 6.61 Å². The predicted octanol–water partition coefficient (Wildman–Crippen LogP) is 2.29. The Morgan fingerprint density at radius 1 is 1.18 bits per heavy atom. The number of carbonyl (C=O) groups is 1. The number of amides is 1. The van der Waals surface area contributed by atoms with Gasteiger partial charge in [0.05, 0.1) is 0 Å². The summed E-state index contributed by atoms with van der Waals surface area (Å²) in [5, 5.41) is 2.22. The molecule has 3 heteroatoms. The molecule has 0 heterocycles. The molecule has 2 rings (SSSR count). The van der Waals surface area contributed by atoms with E-state index in [1.807, 2.05) is 42.5 Å². The molecular formula is C14H11NO2. The second-order valence-electron chi connectivity index (χ2n) is 3.44. The Bertz CT molecular complexity index is 603. The molecule has 17 heavy (non-hydrogen) atoms. The highest BCUT2D eigenvalue weighted by Crippen LogP contribution is 2.17. The maximum Gasteiger partial charge on any atom is 0.405 e. The quantitative estimate of drug-likeness (QED) is 0.757. The number of benzene rings is 2. The second-order valence-corrected chi connectivity index (χ2v) is 3.44. The summed E-state index contributed by atoms with van der Waals surface area (Å²) >= 11 is 0. The molecule has 0 spiro atoms. The molecule has 2 N–H and O–H groups in total. The molecule has 2 aromatic carbocycles. The third-order valence-electron chi connectivity index (χ3n) is 2.30. The van der Waals surface area contributed by atoms with Crippen molar-refractivity contribution in [1.29, 1.82) is 0 Å². The molecular weight excluding hydrogens is 214 g/mol. The summed E-state index contributed by atoms with van der Waals surface area (Å²) in [7, 11) is 0. The summed E-state index contributed by atoms with van der Waals surface area (Å²) in [4.78, 5) is 10.4. The first kappa shape index (κ1) is 11.0. The summed E-state index contributed by atoms with van der Waals surface area (Å²) in [6, 6.07) is 13.9. The molecule has 84 valence electrons. The van der Waals surface area contributed by atoms with Crippen molar-refractivity contribution in [2.24, 2.45) is 5.73 Å². The molecule has 0 aromatic heterocycles. The minimum atomic E-state index is -0.808.